The molecular weight excluding hydrogens is 359 g/mol. The van der Waals surface area contributed by atoms with Crippen molar-refractivity contribution in [1.82, 2.24) is 10.3 Å². The molecule has 1 aromatic heterocycles. The van der Waals surface area contributed by atoms with Crippen molar-refractivity contribution in [2.75, 3.05) is 12.1 Å². The summed E-state index contributed by atoms with van der Waals surface area (Å²) >= 11 is 5.20. The number of carbonyl (C=O) groups is 2. The summed E-state index contributed by atoms with van der Waals surface area (Å²) in [6.45, 7) is 1.42. The van der Waals surface area contributed by atoms with E-state index in [-0.39, 0.29) is 5.56 Å². The third-order valence-corrected chi connectivity index (χ3v) is 5.19. The highest BCUT2D eigenvalue weighted by atomic mass is 35.5. The van der Waals surface area contributed by atoms with Crippen LogP contribution in [0.1, 0.15) is 23.4 Å². The van der Waals surface area contributed by atoms with E-state index in [9.17, 15) is 27.0 Å². The Morgan fingerprint density at radius 1 is 1.43 bits per heavy atom. The molecule has 11 heteroatoms. The average molecular weight is 372 g/mol. The van der Waals surface area contributed by atoms with Crippen molar-refractivity contribution in [2.45, 2.75) is 18.3 Å². The lowest BCUT2D eigenvalue weighted by Crippen LogP contribution is -2.29. The Morgan fingerprint density at radius 3 is 2.48 bits per heavy atom. The minimum atomic E-state index is -4.58. The van der Waals surface area contributed by atoms with Crippen LogP contribution >= 0.6 is 11.6 Å². The SMILES string of the molecule is CC(c1ccc(C(F)(F)F)nc1)S(C)(=O)=NC(=O)NC(=O)CCl. The van der Waals surface area contributed by atoms with Gasteiger partial charge in [0.2, 0.25) is 5.91 Å². The predicted octanol–water partition coefficient (Wildman–Crippen LogP) is 2.73. The van der Waals surface area contributed by atoms with E-state index < -0.39 is 44.7 Å². The van der Waals surface area contributed by atoms with E-state index >= 15 is 0 Å². The molecule has 6 nitrogen and oxygen atoms in total. The van der Waals surface area contributed by atoms with E-state index in [0.29, 0.717) is 0 Å². The Hall–Kier alpha value is -1.68. The van der Waals surface area contributed by atoms with Crippen LogP contribution in [0.15, 0.2) is 22.7 Å². The molecule has 0 aromatic carbocycles. The quantitative estimate of drug-likeness (QED) is 0.827. The molecule has 0 aliphatic rings. The number of imide groups is 1. The van der Waals surface area contributed by atoms with Crippen LogP contribution < -0.4 is 5.32 Å². The Labute approximate surface area is 135 Å². The van der Waals surface area contributed by atoms with Crippen molar-refractivity contribution in [3.05, 3.63) is 29.6 Å². The van der Waals surface area contributed by atoms with Crippen LogP contribution in [-0.4, -0.2) is 33.3 Å². The molecule has 23 heavy (non-hydrogen) atoms. The molecule has 1 rings (SSSR count). The summed E-state index contributed by atoms with van der Waals surface area (Å²) in [6.07, 6.45) is -2.50. The van der Waals surface area contributed by atoms with Gasteiger partial charge in [-0.3, -0.25) is 15.1 Å². The first-order valence-electron chi connectivity index (χ1n) is 6.11. The standard InChI is InChI=1S/C12H13ClF3N3O3S/c1-7(8-3-4-9(17-6-8)12(14,15)16)23(2,22)19-11(21)18-10(20)5-13/h3-4,6-7H,5H2,1-2H3,(H,18,20,21). The number of urea groups is 1. The molecule has 2 unspecified atom stereocenters. The van der Waals surface area contributed by atoms with Gasteiger partial charge in [-0.2, -0.15) is 13.2 Å². The van der Waals surface area contributed by atoms with Crippen molar-refractivity contribution >= 4 is 33.3 Å². The number of alkyl halides is 4. The zero-order valence-corrected chi connectivity index (χ0v) is 13.6. The largest absolute Gasteiger partial charge is 0.433 e. The highest BCUT2D eigenvalue weighted by molar-refractivity contribution is 7.93. The zero-order valence-electron chi connectivity index (χ0n) is 12.1. The van der Waals surface area contributed by atoms with Crippen LogP contribution in [-0.2, 0) is 20.7 Å². The molecule has 0 fully saturated rings. The molecule has 128 valence electrons. The lowest BCUT2D eigenvalue weighted by atomic mass is 10.2. The highest BCUT2D eigenvalue weighted by Crippen LogP contribution is 2.29. The summed E-state index contributed by atoms with van der Waals surface area (Å²) in [5.41, 5.74) is -0.871. The minimum absolute atomic E-state index is 0.214. The number of carbonyl (C=O) groups excluding carboxylic acids is 2. The Balaban J connectivity index is 3.02. The molecule has 3 amide bonds. The Bertz CT molecular complexity index is 713. The maximum atomic E-state index is 12.4. The van der Waals surface area contributed by atoms with Crippen LogP contribution in [0.5, 0.6) is 0 Å². The van der Waals surface area contributed by atoms with E-state index in [1.165, 1.54) is 6.92 Å². The maximum absolute atomic E-state index is 12.4. The van der Waals surface area contributed by atoms with Crippen LogP contribution in [0.3, 0.4) is 0 Å². The van der Waals surface area contributed by atoms with Crippen molar-refractivity contribution in [3.63, 3.8) is 0 Å². The summed E-state index contributed by atoms with van der Waals surface area (Å²) in [5, 5.41) is 0.921. The van der Waals surface area contributed by atoms with Crippen LogP contribution in [0.25, 0.3) is 0 Å². The van der Waals surface area contributed by atoms with Gasteiger partial charge >= 0.3 is 12.2 Å². The van der Waals surface area contributed by atoms with Crippen LogP contribution in [0, 0.1) is 0 Å². The van der Waals surface area contributed by atoms with Crippen molar-refractivity contribution < 1.29 is 27.0 Å². The molecule has 1 aromatic rings. The third kappa shape index (κ3) is 5.47. The number of amides is 3. The van der Waals surface area contributed by atoms with Gasteiger partial charge in [0.1, 0.15) is 11.6 Å². The fraction of sp³-hybridized carbons (Fsp3) is 0.417. The molecule has 1 N–H and O–H groups in total. The van der Waals surface area contributed by atoms with Gasteiger partial charge in [-0.25, -0.2) is 9.00 Å². The fourth-order valence-electron chi connectivity index (χ4n) is 1.49. The first-order chi connectivity index (χ1) is 10.5. The van der Waals surface area contributed by atoms with Crippen LogP contribution in [0.4, 0.5) is 18.0 Å². The van der Waals surface area contributed by atoms with Gasteiger partial charge in [0.05, 0.1) is 15.0 Å². The molecule has 0 radical (unpaired) electrons. The summed E-state index contributed by atoms with van der Waals surface area (Å²) in [5.74, 6) is -1.27. The highest BCUT2D eigenvalue weighted by Gasteiger charge is 2.32. The minimum Gasteiger partial charge on any atom is -0.275 e. The molecule has 0 saturated carbocycles. The van der Waals surface area contributed by atoms with Gasteiger partial charge in [-0.1, -0.05) is 6.07 Å². The lowest BCUT2D eigenvalue weighted by Gasteiger charge is -2.14. The number of pyridine rings is 1. The first-order valence-corrected chi connectivity index (χ1v) is 8.63. The second-order valence-electron chi connectivity index (χ2n) is 4.56. The summed E-state index contributed by atoms with van der Waals surface area (Å²) < 4.78 is 53.2. The van der Waals surface area contributed by atoms with Crippen molar-refractivity contribution in [1.29, 1.82) is 0 Å². The van der Waals surface area contributed by atoms with E-state index in [2.05, 4.69) is 9.35 Å². The van der Waals surface area contributed by atoms with Gasteiger partial charge in [0, 0.05) is 12.5 Å². The lowest BCUT2D eigenvalue weighted by molar-refractivity contribution is -0.141. The smallest absolute Gasteiger partial charge is 0.275 e. The predicted molar refractivity (Wildman–Crippen MR) is 78.4 cm³/mol. The number of rotatable bonds is 3. The van der Waals surface area contributed by atoms with Gasteiger partial charge in [0.15, 0.2) is 0 Å². The molecule has 0 spiro atoms. The number of halogens is 4. The average Bonchev–Trinajstić information content (AvgIpc) is 2.44. The molecule has 0 aliphatic carbocycles. The van der Waals surface area contributed by atoms with E-state index in [4.69, 9.17) is 11.6 Å². The van der Waals surface area contributed by atoms with Crippen LogP contribution in [0.2, 0.25) is 0 Å². The molecule has 0 aliphatic heterocycles. The Morgan fingerprint density at radius 2 is 2.04 bits per heavy atom. The zero-order chi connectivity index (χ0) is 17.8. The normalized spacial score (nSPS) is 15.4. The molecule has 0 saturated heterocycles. The van der Waals surface area contributed by atoms with E-state index in [0.717, 1.165) is 24.6 Å². The topological polar surface area (TPSA) is 88.5 Å². The monoisotopic (exact) mass is 371 g/mol. The summed E-state index contributed by atoms with van der Waals surface area (Å²) in [4.78, 5) is 25.7. The molecule has 1 heterocycles. The number of nitrogens with one attached hydrogen (secondary N) is 1. The number of hydrogen-bond donors (Lipinski definition) is 1. The number of nitrogens with zero attached hydrogens (tertiary/aromatic N) is 2. The van der Waals surface area contributed by atoms with Gasteiger partial charge in [-0.05, 0) is 18.6 Å². The van der Waals surface area contributed by atoms with Gasteiger partial charge in [-0.15, -0.1) is 16.0 Å². The maximum Gasteiger partial charge on any atom is 0.433 e. The van der Waals surface area contributed by atoms with E-state index in [1.54, 1.807) is 5.32 Å². The van der Waals surface area contributed by atoms with Gasteiger partial charge < -0.3 is 0 Å². The third-order valence-electron chi connectivity index (χ3n) is 2.83. The summed E-state index contributed by atoms with van der Waals surface area (Å²) in [7, 11) is -3.17. The number of hydrogen-bond acceptors (Lipinski definition) is 4. The Kier molecular flexibility index (Phi) is 6.11. The molecule has 2 atom stereocenters. The van der Waals surface area contributed by atoms with Gasteiger partial charge in [0.25, 0.3) is 0 Å². The first kappa shape index (κ1) is 19.4. The fourth-order valence-corrected chi connectivity index (χ4v) is 2.73. The molecular formula is C12H13ClF3N3O3S. The van der Waals surface area contributed by atoms with Crippen molar-refractivity contribution in [2.24, 2.45) is 4.36 Å². The van der Waals surface area contributed by atoms with E-state index in [1.807, 2.05) is 0 Å². The second kappa shape index (κ2) is 7.26. The molecule has 0 bridgehead atoms. The number of aromatic nitrogens is 1. The van der Waals surface area contributed by atoms with Crippen molar-refractivity contribution in [3.8, 4) is 0 Å². The summed E-state index contributed by atoms with van der Waals surface area (Å²) in [6, 6.07) is 0.731. The second-order valence-corrected chi connectivity index (χ2v) is 7.44.